The Balaban J connectivity index is 1.63. The second-order valence-corrected chi connectivity index (χ2v) is 22.1. The molecule has 8 nitrogen and oxygen atoms in total. The molecule has 5 aromatic rings. The summed E-state index contributed by atoms with van der Waals surface area (Å²) in [7, 11) is 0. The Kier molecular flexibility index (Phi) is 32.3. The summed E-state index contributed by atoms with van der Waals surface area (Å²) in [4.78, 5) is 11.1. The van der Waals surface area contributed by atoms with Crippen LogP contribution in [0.15, 0.2) is 36.4 Å². The lowest BCUT2D eigenvalue weighted by Crippen LogP contribution is -2.05. The number of unbranched alkanes of at least 4 members (excludes halogenated alkanes) is 30. The van der Waals surface area contributed by atoms with Gasteiger partial charge >= 0.3 is 0 Å². The highest BCUT2D eigenvalue weighted by Crippen LogP contribution is 2.45. The molecule has 1 aromatic heterocycles. The number of ether oxygens (including phenoxy) is 6. The van der Waals surface area contributed by atoms with E-state index in [1.807, 2.05) is 0 Å². The van der Waals surface area contributed by atoms with Crippen LogP contribution in [0.5, 0.6) is 34.5 Å². The number of rotatable bonds is 48. The first-order valence-electron chi connectivity index (χ1n) is 32.1. The molecule has 0 radical (unpaired) electrons. The van der Waals surface area contributed by atoms with Gasteiger partial charge in [0.15, 0.2) is 34.5 Å². The van der Waals surface area contributed by atoms with Crippen LogP contribution in [0, 0.1) is 0 Å². The van der Waals surface area contributed by atoms with Gasteiger partial charge in [0, 0.05) is 22.9 Å². The Morgan fingerprint density at radius 2 is 0.408 bits per heavy atom. The molecule has 0 N–H and O–H groups in total. The molecule has 76 heavy (non-hydrogen) atoms. The summed E-state index contributed by atoms with van der Waals surface area (Å²) in [5.74, 6) is 4.60. The zero-order valence-corrected chi connectivity index (χ0v) is 49.5. The van der Waals surface area contributed by atoms with E-state index < -0.39 is 0 Å². The van der Waals surface area contributed by atoms with E-state index in [9.17, 15) is 0 Å². The first kappa shape index (κ1) is 62.6. The van der Waals surface area contributed by atoms with E-state index in [4.69, 9.17) is 38.4 Å². The van der Waals surface area contributed by atoms with E-state index in [1.54, 1.807) is 0 Å². The molecule has 0 bridgehead atoms. The van der Waals surface area contributed by atoms with Gasteiger partial charge in [-0.05, 0) is 73.6 Å². The van der Waals surface area contributed by atoms with Crippen molar-refractivity contribution in [2.45, 2.75) is 273 Å². The van der Waals surface area contributed by atoms with Crippen LogP contribution in [0.1, 0.15) is 273 Å². The average molecular weight is 1050 g/mol. The molecule has 0 spiro atoms. The van der Waals surface area contributed by atoms with Crippen molar-refractivity contribution in [3.63, 3.8) is 0 Å². The molecule has 0 saturated heterocycles. The number of benzene rings is 4. The van der Waals surface area contributed by atoms with E-state index >= 15 is 0 Å². The summed E-state index contributed by atoms with van der Waals surface area (Å²) in [5, 5.41) is 4.06. The molecular weight excluding hydrogens is 941 g/mol. The van der Waals surface area contributed by atoms with Crippen LogP contribution in [0.2, 0.25) is 0 Å². The van der Waals surface area contributed by atoms with Crippen molar-refractivity contribution in [1.82, 2.24) is 9.97 Å². The fraction of sp³-hybridized carbons (Fsp3) is 0.706. The van der Waals surface area contributed by atoms with Crippen LogP contribution in [0.3, 0.4) is 0 Å². The Bertz CT molecular complexity index is 2310. The van der Waals surface area contributed by atoms with Crippen LogP contribution in [-0.4, -0.2) is 49.6 Å². The summed E-state index contributed by atoms with van der Waals surface area (Å²) in [6.45, 7) is 17.5. The van der Waals surface area contributed by atoms with Crippen molar-refractivity contribution in [3.05, 3.63) is 36.4 Å². The van der Waals surface area contributed by atoms with Crippen molar-refractivity contribution in [3.8, 4) is 34.5 Å². The van der Waals surface area contributed by atoms with Gasteiger partial charge < -0.3 is 28.4 Å². The van der Waals surface area contributed by atoms with Crippen LogP contribution in [0.25, 0.3) is 43.6 Å². The van der Waals surface area contributed by atoms with Gasteiger partial charge in [-0.3, -0.25) is 0 Å². The summed E-state index contributed by atoms with van der Waals surface area (Å²) in [6.07, 6.45) is 43.5. The summed E-state index contributed by atoms with van der Waals surface area (Å²) in [6, 6.07) is 13.0. The number of fused-ring (bicyclic) bond motifs is 7. The van der Waals surface area contributed by atoms with Gasteiger partial charge in [0.25, 0.3) is 0 Å². The maximum absolute atomic E-state index is 6.82. The maximum atomic E-state index is 6.82. The normalized spacial score (nSPS) is 11.7. The minimum atomic E-state index is 0.634. The third-order valence-electron chi connectivity index (χ3n) is 15.2. The average Bonchev–Trinajstić information content (AvgIpc) is 3.56. The largest absolute Gasteiger partial charge is 0.490 e. The minimum absolute atomic E-state index is 0.634. The molecule has 0 aliphatic rings. The van der Waals surface area contributed by atoms with Crippen LogP contribution < -0.4 is 28.4 Å². The first-order chi connectivity index (χ1) is 37.6. The van der Waals surface area contributed by atoms with E-state index in [2.05, 4.69) is 77.9 Å². The Morgan fingerprint density at radius 3 is 0.645 bits per heavy atom. The smallest absolute Gasteiger partial charge is 0.163 e. The molecular formula is C68H108N2O6. The third kappa shape index (κ3) is 22.3. The molecule has 5 rings (SSSR count). The van der Waals surface area contributed by atoms with Crippen molar-refractivity contribution >= 4 is 43.6 Å². The van der Waals surface area contributed by atoms with Gasteiger partial charge in [-0.25, -0.2) is 9.97 Å². The first-order valence-corrected chi connectivity index (χ1v) is 32.1. The molecule has 4 aromatic carbocycles. The van der Waals surface area contributed by atoms with E-state index in [1.165, 1.54) is 161 Å². The lowest BCUT2D eigenvalue weighted by Gasteiger charge is -2.19. The Hall–Kier alpha value is -4.20. The van der Waals surface area contributed by atoms with Crippen LogP contribution in [0.4, 0.5) is 0 Å². The lowest BCUT2D eigenvalue weighted by molar-refractivity contribution is 0.259. The van der Waals surface area contributed by atoms with Gasteiger partial charge in [0.1, 0.15) is 0 Å². The highest BCUT2D eigenvalue weighted by molar-refractivity contribution is 6.25. The van der Waals surface area contributed by atoms with Gasteiger partial charge in [-0.1, -0.05) is 234 Å². The summed E-state index contributed by atoms with van der Waals surface area (Å²) in [5.41, 5.74) is 3.22. The summed E-state index contributed by atoms with van der Waals surface area (Å²) >= 11 is 0. The second-order valence-electron chi connectivity index (χ2n) is 22.1. The van der Waals surface area contributed by atoms with Gasteiger partial charge in [-0.15, -0.1) is 0 Å². The van der Waals surface area contributed by atoms with E-state index in [-0.39, 0.29) is 0 Å². The zero-order valence-electron chi connectivity index (χ0n) is 49.5. The van der Waals surface area contributed by atoms with Gasteiger partial charge in [0.2, 0.25) is 0 Å². The number of hydrogen-bond donors (Lipinski definition) is 0. The molecule has 0 saturated carbocycles. The highest BCUT2D eigenvalue weighted by atomic mass is 16.5. The fourth-order valence-electron chi connectivity index (χ4n) is 10.5. The molecule has 0 amide bonds. The maximum Gasteiger partial charge on any atom is 0.163 e. The molecule has 0 aliphatic heterocycles. The molecule has 8 heteroatoms. The molecule has 0 unspecified atom stereocenters. The third-order valence-corrected chi connectivity index (χ3v) is 15.2. The Labute approximate surface area is 463 Å². The molecule has 426 valence electrons. The zero-order chi connectivity index (χ0) is 53.7. The quantitative estimate of drug-likeness (QED) is 0.0217. The SMILES string of the molecule is CCCCCCCCCCOc1cc2c3cc(OCCCCCC)c(OCCCCCC)cc3c3nc4cc(OCCCCCCCC)c(OCCCCCCCC)cc4nc3c2cc1OCCCCCCCCCC. The van der Waals surface area contributed by atoms with Crippen molar-refractivity contribution in [2.24, 2.45) is 0 Å². The second kappa shape index (κ2) is 39.2. The standard InChI is InChI=1S/C68H108N2O6/c1-7-13-19-25-29-31-35-41-45-72-62-50-56-55-49-61(71-43-37-23-17-11-5)63(73-44-38-24-18-12-6)51-57(55)67-68(58(56)52-64(62)74-46-42-36-32-30-26-20-14-8-2)70-60-54-66(76-48-40-34-28-22-16-10-4)65(53-59(60)69-67)75-47-39-33-27-21-15-9-3/h49-54H,7-48H2,1-6H3. The van der Waals surface area contributed by atoms with Crippen molar-refractivity contribution in [2.75, 3.05) is 39.6 Å². The number of hydrogen-bond acceptors (Lipinski definition) is 8. The topological polar surface area (TPSA) is 81.2 Å². The van der Waals surface area contributed by atoms with Crippen LogP contribution in [-0.2, 0) is 0 Å². The van der Waals surface area contributed by atoms with Gasteiger partial charge in [0.05, 0.1) is 61.7 Å². The number of nitrogens with zero attached hydrogens (tertiary/aromatic N) is 2. The van der Waals surface area contributed by atoms with Crippen LogP contribution >= 0.6 is 0 Å². The summed E-state index contributed by atoms with van der Waals surface area (Å²) < 4.78 is 40.3. The van der Waals surface area contributed by atoms with Crippen molar-refractivity contribution < 1.29 is 28.4 Å². The minimum Gasteiger partial charge on any atom is -0.490 e. The Morgan fingerprint density at radius 1 is 0.224 bits per heavy atom. The number of aromatic nitrogens is 2. The van der Waals surface area contributed by atoms with Gasteiger partial charge in [-0.2, -0.15) is 0 Å². The predicted molar refractivity (Wildman–Crippen MR) is 325 cm³/mol. The monoisotopic (exact) mass is 1050 g/mol. The lowest BCUT2D eigenvalue weighted by atomic mass is 9.97. The van der Waals surface area contributed by atoms with E-state index in [0.717, 1.165) is 149 Å². The highest BCUT2D eigenvalue weighted by Gasteiger charge is 2.21. The molecule has 1 heterocycles. The fourth-order valence-corrected chi connectivity index (χ4v) is 10.5. The molecule has 0 fully saturated rings. The van der Waals surface area contributed by atoms with E-state index in [0.29, 0.717) is 39.6 Å². The molecule has 0 aliphatic carbocycles. The predicted octanol–water partition coefficient (Wildman–Crippen LogP) is 21.5. The van der Waals surface area contributed by atoms with Crippen molar-refractivity contribution in [1.29, 1.82) is 0 Å². The molecule has 0 atom stereocenters.